The van der Waals surface area contributed by atoms with Gasteiger partial charge >= 0.3 is 12.0 Å². The van der Waals surface area contributed by atoms with Crippen LogP contribution in [-0.2, 0) is 14.4 Å². The van der Waals surface area contributed by atoms with Crippen molar-refractivity contribution in [1.82, 2.24) is 15.8 Å². The number of nitrogens with zero attached hydrogens (tertiary/aromatic N) is 1. The van der Waals surface area contributed by atoms with Gasteiger partial charge in [0.2, 0.25) is 0 Å². The predicted octanol–water partition coefficient (Wildman–Crippen LogP) is -1.37. The summed E-state index contributed by atoms with van der Waals surface area (Å²) in [5.41, 5.74) is 0.804. The number of nitrogens with one attached hydrogen (secondary N) is 2. The number of carbonyl (C=O) groups is 3. The molecular formula is C8H14N4O4. The molecule has 0 radical (unpaired) electrons. The van der Waals surface area contributed by atoms with E-state index in [1.165, 1.54) is 0 Å². The van der Waals surface area contributed by atoms with Gasteiger partial charge in [-0.1, -0.05) is 5.59 Å². The molecule has 0 aromatic carbocycles. The van der Waals surface area contributed by atoms with Crippen LogP contribution < -0.4 is 16.7 Å². The molecule has 0 atom stereocenters. The lowest BCUT2D eigenvalue weighted by Gasteiger charge is -2.15. The van der Waals surface area contributed by atoms with Crippen LogP contribution in [0.25, 0.3) is 0 Å². The first-order chi connectivity index (χ1) is 7.38. The van der Waals surface area contributed by atoms with Crippen molar-refractivity contribution >= 4 is 17.9 Å². The number of imide groups is 1. The van der Waals surface area contributed by atoms with Crippen LogP contribution in [0.2, 0.25) is 0 Å². The molecule has 0 spiro atoms. The van der Waals surface area contributed by atoms with Gasteiger partial charge in [-0.2, -0.15) is 0 Å². The van der Waals surface area contributed by atoms with Crippen LogP contribution in [-0.4, -0.2) is 34.9 Å². The Morgan fingerprint density at radius 2 is 2.19 bits per heavy atom. The molecule has 1 heterocycles. The zero-order valence-corrected chi connectivity index (χ0v) is 9.07. The maximum absolute atomic E-state index is 11.7. The van der Waals surface area contributed by atoms with Crippen LogP contribution in [0.15, 0.2) is 0 Å². The fourth-order valence-electron chi connectivity index (χ4n) is 1.34. The van der Waals surface area contributed by atoms with Gasteiger partial charge in [0.1, 0.15) is 5.54 Å². The fraction of sp³-hybridized carbons (Fsp3) is 0.625. The quantitative estimate of drug-likeness (QED) is 0.312. The molecule has 1 aliphatic rings. The van der Waals surface area contributed by atoms with Crippen LogP contribution >= 0.6 is 0 Å². The van der Waals surface area contributed by atoms with E-state index in [0.717, 1.165) is 4.90 Å². The zero-order valence-electron chi connectivity index (χ0n) is 9.07. The smallest absolute Gasteiger partial charge is 0.328 e. The Balaban J connectivity index is 2.52. The van der Waals surface area contributed by atoms with Crippen molar-refractivity contribution in [3.05, 3.63) is 0 Å². The van der Waals surface area contributed by atoms with E-state index in [1.807, 2.05) is 0 Å². The van der Waals surface area contributed by atoms with Crippen LogP contribution in [0.4, 0.5) is 4.79 Å². The maximum Gasteiger partial charge on any atom is 0.328 e. The summed E-state index contributed by atoms with van der Waals surface area (Å²) in [5, 5.41) is 2.49. The number of hydrogen-bond donors (Lipinski definition) is 3. The van der Waals surface area contributed by atoms with E-state index in [1.54, 1.807) is 19.4 Å². The molecule has 8 heteroatoms. The number of hydrazine groups is 1. The van der Waals surface area contributed by atoms with E-state index in [4.69, 9.17) is 5.84 Å². The highest BCUT2D eigenvalue weighted by molar-refractivity contribution is 6.06. The summed E-state index contributed by atoms with van der Waals surface area (Å²) >= 11 is 0. The standard InChI is InChI=1S/C8H14N4O4/c1-8(2)6(14)12(7(15)10-8)4-3-5(13)16-11-9/h11H,3-4,9H2,1-2H3,(H,10,15). The van der Waals surface area contributed by atoms with Gasteiger partial charge in [-0.25, -0.2) is 10.6 Å². The molecule has 0 saturated carbocycles. The van der Waals surface area contributed by atoms with E-state index in [9.17, 15) is 14.4 Å². The fourth-order valence-corrected chi connectivity index (χ4v) is 1.34. The third-order valence-electron chi connectivity index (χ3n) is 2.16. The van der Waals surface area contributed by atoms with Gasteiger partial charge in [0.15, 0.2) is 0 Å². The molecule has 1 aliphatic heterocycles. The number of hydrogen-bond acceptors (Lipinski definition) is 6. The van der Waals surface area contributed by atoms with Gasteiger partial charge in [0, 0.05) is 6.54 Å². The lowest BCUT2D eigenvalue weighted by Crippen LogP contribution is -2.40. The second-order valence-electron chi connectivity index (χ2n) is 3.85. The lowest BCUT2D eigenvalue weighted by molar-refractivity contribution is -0.151. The molecule has 8 nitrogen and oxygen atoms in total. The minimum Gasteiger partial charge on any atom is -0.356 e. The van der Waals surface area contributed by atoms with Gasteiger partial charge < -0.3 is 10.2 Å². The molecule has 4 N–H and O–H groups in total. The van der Waals surface area contributed by atoms with Gasteiger partial charge in [0.25, 0.3) is 5.91 Å². The topological polar surface area (TPSA) is 114 Å². The molecule has 16 heavy (non-hydrogen) atoms. The van der Waals surface area contributed by atoms with E-state index >= 15 is 0 Å². The number of amides is 3. The van der Waals surface area contributed by atoms with Crippen molar-refractivity contribution < 1.29 is 19.2 Å². The van der Waals surface area contributed by atoms with Gasteiger partial charge in [-0.05, 0) is 13.8 Å². The molecule has 0 aromatic rings. The first-order valence-corrected chi connectivity index (χ1v) is 4.68. The summed E-state index contributed by atoms with van der Waals surface area (Å²) < 4.78 is 0. The van der Waals surface area contributed by atoms with Crippen molar-refractivity contribution in [3.8, 4) is 0 Å². The summed E-state index contributed by atoms with van der Waals surface area (Å²) in [5.74, 6) is 3.74. The number of nitrogens with two attached hydrogens (primary N) is 1. The van der Waals surface area contributed by atoms with Gasteiger partial charge in [-0.15, -0.1) is 0 Å². The molecule has 0 unspecified atom stereocenters. The first-order valence-electron chi connectivity index (χ1n) is 4.68. The van der Waals surface area contributed by atoms with E-state index in [2.05, 4.69) is 10.2 Å². The molecule has 1 saturated heterocycles. The largest absolute Gasteiger partial charge is 0.356 e. The Hall–Kier alpha value is -1.67. The molecule has 0 aliphatic carbocycles. The number of carbonyl (C=O) groups excluding carboxylic acids is 3. The zero-order chi connectivity index (χ0) is 12.3. The van der Waals surface area contributed by atoms with Crippen molar-refractivity contribution in [2.75, 3.05) is 6.54 Å². The Kier molecular flexibility index (Phi) is 3.45. The minimum atomic E-state index is -0.924. The predicted molar refractivity (Wildman–Crippen MR) is 52.4 cm³/mol. The van der Waals surface area contributed by atoms with Crippen LogP contribution in [0.1, 0.15) is 20.3 Å². The summed E-state index contributed by atoms with van der Waals surface area (Å²) in [7, 11) is 0. The molecule has 3 amide bonds. The summed E-state index contributed by atoms with van der Waals surface area (Å²) in [6.07, 6.45) is -0.112. The Morgan fingerprint density at radius 1 is 1.56 bits per heavy atom. The molecule has 0 bridgehead atoms. The highest BCUT2D eigenvalue weighted by atomic mass is 16.7. The lowest BCUT2D eigenvalue weighted by atomic mass is 10.1. The van der Waals surface area contributed by atoms with E-state index in [0.29, 0.717) is 0 Å². The van der Waals surface area contributed by atoms with Gasteiger partial charge in [0.05, 0.1) is 6.42 Å². The van der Waals surface area contributed by atoms with Crippen molar-refractivity contribution in [1.29, 1.82) is 0 Å². The molecular weight excluding hydrogens is 216 g/mol. The van der Waals surface area contributed by atoms with Crippen molar-refractivity contribution in [2.45, 2.75) is 25.8 Å². The second kappa shape index (κ2) is 4.45. The average Bonchev–Trinajstić information content (AvgIpc) is 2.35. The Bertz CT molecular complexity index is 328. The molecule has 0 aromatic heterocycles. The van der Waals surface area contributed by atoms with E-state index in [-0.39, 0.29) is 18.9 Å². The highest BCUT2D eigenvalue weighted by Gasteiger charge is 2.44. The molecule has 1 rings (SSSR count). The summed E-state index contributed by atoms with van der Waals surface area (Å²) in [4.78, 5) is 39.2. The average molecular weight is 230 g/mol. The van der Waals surface area contributed by atoms with E-state index < -0.39 is 17.5 Å². The van der Waals surface area contributed by atoms with Crippen LogP contribution in [0, 0.1) is 0 Å². The molecule has 1 fully saturated rings. The number of rotatable bonds is 4. The van der Waals surface area contributed by atoms with Crippen molar-refractivity contribution in [2.24, 2.45) is 5.84 Å². The third kappa shape index (κ3) is 2.47. The highest BCUT2D eigenvalue weighted by Crippen LogP contribution is 2.16. The molecule has 90 valence electrons. The summed E-state index contributed by atoms with van der Waals surface area (Å²) in [6, 6.07) is -0.511. The Labute approximate surface area is 92.0 Å². The minimum absolute atomic E-state index is 0.0331. The second-order valence-corrected chi connectivity index (χ2v) is 3.85. The van der Waals surface area contributed by atoms with Crippen LogP contribution in [0.3, 0.4) is 0 Å². The third-order valence-corrected chi connectivity index (χ3v) is 2.16. The SMILES string of the molecule is CC1(C)NC(=O)N(CCC(=O)ONN)C1=O. The Morgan fingerprint density at radius 3 is 2.62 bits per heavy atom. The normalized spacial score (nSPS) is 18.6. The van der Waals surface area contributed by atoms with Crippen LogP contribution in [0.5, 0.6) is 0 Å². The monoisotopic (exact) mass is 230 g/mol. The first kappa shape index (κ1) is 12.4. The van der Waals surface area contributed by atoms with Gasteiger partial charge in [-0.3, -0.25) is 14.5 Å². The number of urea groups is 1. The van der Waals surface area contributed by atoms with Crippen molar-refractivity contribution in [3.63, 3.8) is 0 Å². The summed E-state index contributed by atoms with van der Waals surface area (Å²) in [6.45, 7) is 3.15. The maximum atomic E-state index is 11.7.